The smallest absolute Gasteiger partial charge is 0.254 e. The number of hydrogen-bond donors (Lipinski definition) is 0. The van der Waals surface area contributed by atoms with Crippen LogP contribution in [0.15, 0.2) is 24.3 Å². The number of carbonyl (C=O) groups excluding carboxylic acids is 2. The minimum Gasteiger partial charge on any atom is -0.490 e. The molecule has 0 bridgehead atoms. The highest BCUT2D eigenvalue weighted by Gasteiger charge is 2.24. The molecular weight excluding hydrogens is 348 g/mol. The topological polar surface area (TPSA) is 68.3 Å². The Labute approximate surface area is 160 Å². The number of likely N-dealkylation sites (tertiary alicyclic amines) is 1. The second-order valence-corrected chi connectivity index (χ2v) is 6.87. The van der Waals surface area contributed by atoms with E-state index in [4.69, 9.17) is 14.2 Å². The molecule has 0 spiro atoms. The number of morpholine rings is 1. The fourth-order valence-electron chi connectivity index (χ4n) is 3.39. The molecule has 0 atom stereocenters. The zero-order chi connectivity index (χ0) is 19.1. The number of methoxy groups -OCH3 is 1. The Hall–Kier alpha value is -2.12. The molecular formula is C20H28N2O5. The maximum Gasteiger partial charge on any atom is 0.254 e. The summed E-state index contributed by atoms with van der Waals surface area (Å²) in [7, 11) is 1.60. The number of benzene rings is 1. The van der Waals surface area contributed by atoms with Crippen molar-refractivity contribution in [3.8, 4) is 5.75 Å². The van der Waals surface area contributed by atoms with E-state index >= 15 is 0 Å². The highest BCUT2D eigenvalue weighted by molar-refractivity contribution is 5.94. The average molecular weight is 376 g/mol. The molecule has 0 saturated carbocycles. The van der Waals surface area contributed by atoms with E-state index < -0.39 is 0 Å². The molecule has 0 aromatic heterocycles. The monoisotopic (exact) mass is 376 g/mol. The van der Waals surface area contributed by atoms with Crippen molar-refractivity contribution in [3.05, 3.63) is 29.8 Å². The molecule has 0 unspecified atom stereocenters. The van der Waals surface area contributed by atoms with Gasteiger partial charge in [-0.05, 0) is 24.3 Å². The van der Waals surface area contributed by atoms with Gasteiger partial charge in [-0.3, -0.25) is 9.59 Å². The summed E-state index contributed by atoms with van der Waals surface area (Å²) >= 11 is 0. The van der Waals surface area contributed by atoms with Crippen LogP contribution in [0.2, 0.25) is 0 Å². The second-order valence-electron chi connectivity index (χ2n) is 6.87. The first-order chi connectivity index (χ1) is 13.2. The summed E-state index contributed by atoms with van der Waals surface area (Å²) in [6.07, 6.45) is 2.15. The van der Waals surface area contributed by atoms with E-state index in [1.165, 1.54) is 0 Å². The summed E-state index contributed by atoms with van der Waals surface area (Å²) in [5.41, 5.74) is 0.669. The Kier molecular flexibility index (Phi) is 7.06. The van der Waals surface area contributed by atoms with Gasteiger partial charge in [0.1, 0.15) is 11.9 Å². The van der Waals surface area contributed by atoms with Crippen molar-refractivity contribution >= 4 is 11.8 Å². The third-order valence-corrected chi connectivity index (χ3v) is 5.02. The molecule has 1 aromatic rings. The molecule has 0 radical (unpaired) electrons. The summed E-state index contributed by atoms with van der Waals surface area (Å²) in [5.74, 6) is 0.937. The molecule has 7 nitrogen and oxygen atoms in total. The van der Waals surface area contributed by atoms with E-state index in [2.05, 4.69) is 0 Å². The number of carbonyl (C=O) groups is 2. The fraction of sp³-hybridized carbons (Fsp3) is 0.600. The van der Waals surface area contributed by atoms with Crippen LogP contribution in [-0.4, -0.2) is 80.8 Å². The minimum absolute atomic E-state index is 0.0349. The normalized spacial score (nSPS) is 18.4. The number of hydrogen-bond acceptors (Lipinski definition) is 5. The third kappa shape index (κ3) is 5.43. The second kappa shape index (κ2) is 9.71. The Morgan fingerprint density at radius 2 is 1.70 bits per heavy atom. The predicted octanol–water partition coefficient (Wildman–Crippen LogP) is 1.57. The molecule has 148 valence electrons. The number of piperidine rings is 1. The first kappa shape index (κ1) is 19.6. The van der Waals surface area contributed by atoms with Gasteiger partial charge in [-0.25, -0.2) is 0 Å². The SMILES string of the molecule is COCCC(=O)N1CCC(Oc2ccc(C(=O)N3CCOCC3)cc2)CC1. The van der Waals surface area contributed by atoms with Crippen molar-refractivity contribution in [1.82, 2.24) is 9.80 Å². The van der Waals surface area contributed by atoms with Gasteiger partial charge in [0.25, 0.3) is 5.91 Å². The molecule has 1 aromatic carbocycles. The fourth-order valence-corrected chi connectivity index (χ4v) is 3.39. The van der Waals surface area contributed by atoms with Gasteiger partial charge in [-0.1, -0.05) is 0 Å². The quantitative estimate of drug-likeness (QED) is 0.754. The largest absolute Gasteiger partial charge is 0.490 e. The van der Waals surface area contributed by atoms with Crippen molar-refractivity contribution in [3.63, 3.8) is 0 Å². The van der Waals surface area contributed by atoms with Crippen LogP contribution >= 0.6 is 0 Å². The first-order valence-corrected chi connectivity index (χ1v) is 9.58. The molecule has 27 heavy (non-hydrogen) atoms. The van der Waals surface area contributed by atoms with Gasteiger partial charge >= 0.3 is 0 Å². The minimum atomic E-state index is 0.0349. The Balaban J connectivity index is 1.46. The standard InChI is InChI=1S/C20H28N2O5/c1-25-13-8-19(23)21-9-6-18(7-10-21)27-17-4-2-16(3-5-17)20(24)22-11-14-26-15-12-22/h2-5,18H,6-15H2,1H3. The van der Waals surface area contributed by atoms with Crippen molar-refractivity contribution < 1.29 is 23.8 Å². The molecule has 2 amide bonds. The lowest BCUT2D eigenvalue weighted by Crippen LogP contribution is -2.42. The van der Waals surface area contributed by atoms with Crippen LogP contribution in [0.4, 0.5) is 0 Å². The zero-order valence-electron chi connectivity index (χ0n) is 15.9. The van der Waals surface area contributed by atoms with Gasteiger partial charge in [0.2, 0.25) is 5.91 Å². The maximum absolute atomic E-state index is 12.5. The Bertz CT molecular complexity index is 620. The van der Waals surface area contributed by atoms with Gasteiger partial charge in [0, 0.05) is 51.7 Å². The third-order valence-electron chi connectivity index (χ3n) is 5.02. The number of rotatable bonds is 6. The summed E-state index contributed by atoms with van der Waals surface area (Å²) < 4.78 is 16.3. The predicted molar refractivity (Wildman–Crippen MR) is 99.9 cm³/mol. The summed E-state index contributed by atoms with van der Waals surface area (Å²) in [6.45, 7) is 4.35. The number of nitrogens with zero attached hydrogens (tertiary/aromatic N) is 2. The Morgan fingerprint density at radius 3 is 2.33 bits per heavy atom. The molecule has 2 fully saturated rings. The molecule has 0 N–H and O–H groups in total. The first-order valence-electron chi connectivity index (χ1n) is 9.58. The number of ether oxygens (including phenoxy) is 3. The van der Waals surface area contributed by atoms with Crippen LogP contribution in [0.3, 0.4) is 0 Å². The van der Waals surface area contributed by atoms with Gasteiger partial charge in [0.05, 0.1) is 26.2 Å². The number of amides is 2. The molecule has 3 rings (SSSR count). The highest BCUT2D eigenvalue weighted by atomic mass is 16.5. The van der Waals surface area contributed by atoms with Crippen molar-refractivity contribution in [2.45, 2.75) is 25.4 Å². The van der Waals surface area contributed by atoms with Crippen LogP contribution < -0.4 is 4.74 Å². The van der Waals surface area contributed by atoms with E-state index in [1.54, 1.807) is 7.11 Å². The van der Waals surface area contributed by atoms with Crippen LogP contribution in [-0.2, 0) is 14.3 Å². The van der Waals surface area contributed by atoms with Crippen LogP contribution in [0, 0.1) is 0 Å². The van der Waals surface area contributed by atoms with E-state index in [0.717, 1.165) is 18.6 Å². The van der Waals surface area contributed by atoms with E-state index in [1.807, 2.05) is 34.1 Å². The lowest BCUT2D eigenvalue weighted by molar-refractivity contribution is -0.133. The van der Waals surface area contributed by atoms with E-state index in [-0.39, 0.29) is 17.9 Å². The van der Waals surface area contributed by atoms with Crippen LogP contribution in [0.5, 0.6) is 5.75 Å². The van der Waals surface area contributed by atoms with Gasteiger partial charge in [-0.15, -0.1) is 0 Å². The lowest BCUT2D eigenvalue weighted by atomic mass is 10.1. The summed E-state index contributed by atoms with van der Waals surface area (Å²) in [6, 6.07) is 7.33. The van der Waals surface area contributed by atoms with E-state index in [0.29, 0.717) is 58.0 Å². The lowest BCUT2D eigenvalue weighted by Gasteiger charge is -2.32. The zero-order valence-corrected chi connectivity index (χ0v) is 15.9. The van der Waals surface area contributed by atoms with Crippen LogP contribution in [0.25, 0.3) is 0 Å². The molecule has 0 aliphatic carbocycles. The van der Waals surface area contributed by atoms with Crippen molar-refractivity contribution in [1.29, 1.82) is 0 Å². The Morgan fingerprint density at radius 1 is 1.04 bits per heavy atom. The van der Waals surface area contributed by atoms with Gasteiger partial charge in [0.15, 0.2) is 0 Å². The van der Waals surface area contributed by atoms with Gasteiger partial charge in [-0.2, -0.15) is 0 Å². The molecule has 2 aliphatic heterocycles. The van der Waals surface area contributed by atoms with Crippen molar-refractivity contribution in [2.24, 2.45) is 0 Å². The molecule has 7 heteroatoms. The highest BCUT2D eigenvalue weighted by Crippen LogP contribution is 2.21. The molecule has 2 saturated heterocycles. The summed E-state index contributed by atoms with van der Waals surface area (Å²) in [5, 5.41) is 0. The van der Waals surface area contributed by atoms with Crippen molar-refractivity contribution in [2.75, 3.05) is 53.1 Å². The molecule has 2 aliphatic rings. The van der Waals surface area contributed by atoms with Crippen LogP contribution in [0.1, 0.15) is 29.6 Å². The van der Waals surface area contributed by atoms with Gasteiger partial charge < -0.3 is 24.0 Å². The maximum atomic E-state index is 12.5. The average Bonchev–Trinajstić information content (AvgIpc) is 2.73. The van der Waals surface area contributed by atoms with E-state index in [9.17, 15) is 9.59 Å². The summed E-state index contributed by atoms with van der Waals surface area (Å²) in [4.78, 5) is 28.2. The molecule has 2 heterocycles.